The highest BCUT2D eigenvalue weighted by molar-refractivity contribution is 6.10. The summed E-state index contributed by atoms with van der Waals surface area (Å²) in [6.07, 6.45) is -3.33. The van der Waals surface area contributed by atoms with Gasteiger partial charge in [-0.05, 0) is 12.1 Å². The molecule has 0 aliphatic heterocycles. The largest absolute Gasteiger partial charge is 0.454 e. The highest BCUT2D eigenvalue weighted by Crippen LogP contribution is 2.26. The smallest absolute Gasteiger partial charge is 0.361 e. The number of carbonyl (C=O) groups excluding carboxylic acids is 1. The van der Waals surface area contributed by atoms with Gasteiger partial charge in [0.15, 0.2) is 0 Å². The normalized spacial score (nSPS) is 11.9. The summed E-state index contributed by atoms with van der Waals surface area (Å²) >= 11 is 0. The standard InChI is InChI=1S/C10H6F3NO/c11-10(12,13)9(15)7-2-1-3-8-6(7)4-5-14-8/h1-5,14H. The number of alkyl halides is 3. The summed E-state index contributed by atoms with van der Waals surface area (Å²) in [5.74, 6) is -1.81. The van der Waals surface area contributed by atoms with Crippen LogP contribution in [0.15, 0.2) is 30.5 Å². The Morgan fingerprint density at radius 1 is 1.20 bits per heavy atom. The molecule has 5 heteroatoms. The summed E-state index contributed by atoms with van der Waals surface area (Å²) in [5, 5.41) is 0.292. The molecule has 0 aliphatic rings. The molecule has 15 heavy (non-hydrogen) atoms. The van der Waals surface area contributed by atoms with E-state index in [1.54, 1.807) is 6.07 Å². The number of H-pyrrole nitrogens is 1. The molecular weight excluding hydrogens is 207 g/mol. The van der Waals surface area contributed by atoms with Crippen LogP contribution in [0, 0.1) is 0 Å². The third kappa shape index (κ3) is 1.60. The Hall–Kier alpha value is -1.78. The zero-order valence-corrected chi connectivity index (χ0v) is 7.43. The summed E-state index contributed by atoms with van der Waals surface area (Å²) < 4.78 is 36.6. The van der Waals surface area contributed by atoms with Crippen LogP contribution in [0.2, 0.25) is 0 Å². The molecule has 1 aromatic heterocycles. The van der Waals surface area contributed by atoms with Crippen molar-refractivity contribution in [3.05, 3.63) is 36.0 Å². The zero-order valence-electron chi connectivity index (χ0n) is 7.43. The number of ketones is 1. The Balaban J connectivity index is 2.62. The Labute approximate surface area is 82.7 Å². The first kappa shape index (κ1) is 9.76. The van der Waals surface area contributed by atoms with Crippen LogP contribution in [-0.4, -0.2) is 16.9 Å². The number of aromatic amines is 1. The van der Waals surface area contributed by atoms with Crippen LogP contribution in [0.5, 0.6) is 0 Å². The van der Waals surface area contributed by atoms with Crippen molar-refractivity contribution in [1.82, 2.24) is 4.98 Å². The first-order valence-electron chi connectivity index (χ1n) is 4.18. The molecule has 0 atom stereocenters. The number of rotatable bonds is 1. The summed E-state index contributed by atoms with van der Waals surface area (Å²) in [7, 11) is 0. The van der Waals surface area contributed by atoms with Gasteiger partial charge in [0.1, 0.15) is 0 Å². The molecule has 1 heterocycles. The van der Waals surface area contributed by atoms with Crippen LogP contribution in [0.25, 0.3) is 10.9 Å². The zero-order chi connectivity index (χ0) is 11.1. The van der Waals surface area contributed by atoms with E-state index >= 15 is 0 Å². The van der Waals surface area contributed by atoms with Gasteiger partial charge in [-0.15, -0.1) is 0 Å². The molecule has 0 unspecified atom stereocenters. The van der Waals surface area contributed by atoms with Crippen molar-refractivity contribution in [2.24, 2.45) is 0 Å². The summed E-state index contributed by atoms with van der Waals surface area (Å²) in [6.45, 7) is 0. The van der Waals surface area contributed by atoms with Gasteiger partial charge < -0.3 is 4.98 Å². The molecule has 0 bridgehead atoms. The molecule has 78 valence electrons. The fourth-order valence-corrected chi connectivity index (χ4v) is 1.44. The van der Waals surface area contributed by atoms with Gasteiger partial charge in [-0.2, -0.15) is 13.2 Å². The number of benzene rings is 1. The molecule has 0 fully saturated rings. The number of halogens is 3. The first-order valence-corrected chi connectivity index (χ1v) is 4.18. The van der Waals surface area contributed by atoms with Crippen molar-refractivity contribution < 1.29 is 18.0 Å². The first-order chi connectivity index (χ1) is 7.00. The Bertz CT molecular complexity index is 513. The van der Waals surface area contributed by atoms with Crippen LogP contribution >= 0.6 is 0 Å². The molecule has 2 nitrogen and oxygen atoms in total. The summed E-state index contributed by atoms with van der Waals surface area (Å²) in [6, 6.07) is 5.65. The van der Waals surface area contributed by atoms with Gasteiger partial charge in [-0.25, -0.2) is 0 Å². The summed E-state index contributed by atoms with van der Waals surface area (Å²) in [5.41, 5.74) is 0.200. The van der Waals surface area contributed by atoms with Crippen molar-refractivity contribution >= 4 is 16.7 Å². The molecule has 2 aromatic rings. The number of hydrogen-bond acceptors (Lipinski definition) is 1. The SMILES string of the molecule is O=C(c1cccc2[nH]ccc12)C(F)(F)F. The van der Waals surface area contributed by atoms with Gasteiger partial charge in [0.2, 0.25) is 0 Å². The van der Waals surface area contributed by atoms with Crippen LogP contribution in [0.3, 0.4) is 0 Å². The molecule has 0 aliphatic carbocycles. The predicted octanol–water partition coefficient (Wildman–Crippen LogP) is 2.91. The van der Waals surface area contributed by atoms with Crippen molar-refractivity contribution in [3.8, 4) is 0 Å². The Morgan fingerprint density at radius 3 is 2.60 bits per heavy atom. The number of carbonyl (C=O) groups is 1. The van der Waals surface area contributed by atoms with Crippen LogP contribution in [-0.2, 0) is 0 Å². The predicted molar refractivity (Wildman–Crippen MR) is 48.7 cm³/mol. The molecule has 0 radical (unpaired) electrons. The molecule has 0 amide bonds. The van der Waals surface area contributed by atoms with E-state index in [-0.39, 0.29) is 5.56 Å². The minimum Gasteiger partial charge on any atom is -0.361 e. The van der Waals surface area contributed by atoms with E-state index in [4.69, 9.17) is 0 Å². The topological polar surface area (TPSA) is 32.9 Å². The monoisotopic (exact) mass is 213 g/mol. The van der Waals surface area contributed by atoms with Gasteiger partial charge in [0, 0.05) is 22.7 Å². The molecule has 0 spiro atoms. The quantitative estimate of drug-likeness (QED) is 0.726. The minimum absolute atomic E-state index is 0.292. The summed E-state index contributed by atoms with van der Waals surface area (Å²) in [4.78, 5) is 13.8. The lowest BCUT2D eigenvalue weighted by molar-refractivity contribution is -0.0884. The maximum Gasteiger partial charge on any atom is 0.454 e. The fraction of sp³-hybridized carbons (Fsp3) is 0.100. The van der Waals surface area contributed by atoms with E-state index in [0.29, 0.717) is 10.9 Å². The second-order valence-corrected chi connectivity index (χ2v) is 3.07. The molecule has 2 rings (SSSR count). The highest BCUT2D eigenvalue weighted by atomic mass is 19.4. The average Bonchev–Trinajstić information content (AvgIpc) is 2.62. The number of aromatic nitrogens is 1. The van der Waals surface area contributed by atoms with Crippen molar-refractivity contribution in [3.63, 3.8) is 0 Å². The van der Waals surface area contributed by atoms with Gasteiger partial charge in [0.25, 0.3) is 5.78 Å². The van der Waals surface area contributed by atoms with Crippen molar-refractivity contribution in [2.45, 2.75) is 6.18 Å². The molecular formula is C10H6F3NO. The number of nitrogens with one attached hydrogen (secondary N) is 1. The van der Waals surface area contributed by atoms with Gasteiger partial charge >= 0.3 is 6.18 Å². The van der Waals surface area contributed by atoms with E-state index in [9.17, 15) is 18.0 Å². The molecule has 1 N–H and O–H groups in total. The van der Waals surface area contributed by atoms with Crippen LogP contribution < -0.4 is 0 Å². The van der Waals surface area contributed by atoms with E-state index in [0.717, 1.165) is 0 Å². The molecule has 0 saturated heterocycles. The maximum absolute atomic E-state index is 12.2. The molecule has 1 aromatic carbocycles. The lowest BCUT2D eigenvalue weighted by Gasteiger charge is -2.05. The maximum atomic E-state index is 12.2. The van der Waals surface area contributed by atoms with Crippen molar-refractivity contribution in [1.29, 1.82) is 0 Å². The second-order valence-electron chi connectivity index (χ2n) is 3.07. The third-order valence-corrected chi connectivity index (χ3v) is 2.10. The number of fused-ring (bicyclic) bond motifs is 1. The van der Waals surface area contributed by atoms with E-state index in [2.05, 4.69) is 4.98 Å². The Morgan fingerprint density at radius 2 is 1.93 bits per heavy atom. The second kappa shape index (κ2) is 3.12. The Kier molecular flexibility index (Phi) is 2.03. The van der Waals surface area contributed by atoms with E-state index in [1.807, 2.05) is 0 Å². The van der Waals surface area contributed by atoms with Crippen molar-refractivity contribution in [2.75, 3.05) is 0 Å². The van der Waals surface area contributed by atoms with Gasteiger partial charge in [-0.1, -0.05) is 12.1 Å². The highest BCUT2D eigenvalue weighted by Gasteiger charge is 2.39. The van der Waals surface area contributed by atoms with Gasteiger partial charge in [0.05, 0.1) is 0 Å². The number of hydrogen-bond donors (Lipinski definition) is 1. The van der Waals surface area contributed by atoms with Crippen LogP contribution in [0.4, 0.5) is 13.2 Å². The lowest BCUT2D eigenvalue weighted by atomic mass is 10.1. The molecule has 0 saturated carbocycles. The number of Topliss-reactive ketones (excluding diaryl/α,β-unsaturated/α-hetero) is 1. The third-order valence-electron chi connectivity index (χ3n) is 2.10. The van der Waals surface area contributed by atoms with E-state index in [1.165, 1.54) is 24.4 Å². The lowest BCUT2D eigenvalue weighted by Crippen LogP contribution is -2.22. The fourth-order valence-electron chi connectivity index (χ4n) is 1.44. The average molecular weight is 213 g/mol. The van der Waals surface area contributed by atoms with Gasteiger partial charge in [-0.3, -0.25) is 4.79 Å². The van der Waals surface area contributed by atoms with E-state index < -0.39 is 12.0 Å². The minimum atomic E-state index is -4.83. The van der Waals surface area contributed by atoms with Crippen LogP contribution in [0.1, 0.15) is 10.4 Å².